The molecule has 0 saturated carbocycles. The van der Waals surface area contributed by atoms with E-state index in [1.165, 1.54) is 25.8 Å². The van der Waals surface area contributed by atoms with E-state index in [0.717, 1.165) is 32.8 Å². The number of ether oxygens (including phenoxy) is 1. The lowest BCUT2D eigenvalue weighted by molar-refractivity contribution is 0.0724. The highest BCUT2D eigenvalue weighted by Crippen LogP contribution is 2.16. The molecular weight excluding hydrogens is 226 g/mol. The third-order valence-corrected chi connectivity index (χ3v) is 3.53. The fourth-order valence-corrected chi connectivity index (χ4v) is 2.42. The molecule has 1 saturated heterocycles. The first-order valence-corrected chi connectivity index (χ1v) is 7.43. The van der Waals surface area contributed by atoms with E-state index >= 15 is 0 Å². The second kappa shape index (κ2) is 9.73. The molecule has 1 rings (SSSR count). The van der Waals surface area contributed by atoms with Gasteiger partial charge in [-0.05, 0) is 26.4 Å². The monoisotopic (exact) mass is 257 g/mol. The molecule has 0 spiro atoms. The lowest BCUT2D eigenvalue weighted by atomic mass is 10.0. The number of nitrogens with one attached hydrogen (secondary N) is 2. The largest absolute Gasteiger partial charge is 0.379 e. The van der Waals surface area contributed by atoms with Gasteiger partial charge in [-0.2, -0.15) is 0 Å². The maximum Gasteiger partial charge on any atom is 0.0594 e. The van der Waals surface area contributed by atoms with Gasteiger partial charge in [0, 0.05) is 31.7 Å². The van der Waals surface area contributed by atoms with Gasteiger partial charge in [0.05, 0.1) is 13.2 Å². The van der Waals surface area contributed by atoms with Gasteiger partial charge in [0.2, 0.25) is 0 Å². The van der Waals surface area contributed by atoms with Crippen molar-refractivity contribution in [2.24, 2.45) is 0 Å². The maximum absolute atomic E-state index is 5.63. The second-order valence-electron chi connectivity index (χ2n) is 5.46. The molecule has 1 aliphatic heterocycles. The zero-order valence-corrected chi connectivity index (χ0v) is 12.4. The number of nitrogens with zero attached hydrogens (tertiary/aromatic N) is 1. The van der Waals surface area contributed by atoms with Crippen LogP contribution in [0.5, 0.6) is 0 Å². The lowest BCUT2D eigenvalue weighted by Gasteiger charge is -2.36. The van der Waals surface area contributed by atoms with Crippen molar-refractivity contribution >= 4 is 0 Å². The van der Waals surface area contributed by atoms with Gasteiger partial charge in [0.1, 0.15) is 0 Å². The molecule has 4 nitrogen and oxygen atoms in total. The van der Waals surface area contributed by atoms with E-state index in [9.17, 15) is 0 Å². The molecule has 0 radical (unpaired) electrons. The Hall–Kier alpha value is -0.160. The third kappa shape index (κ3) is 6.69. The van der Waals surface area contributed by atoms with Gasteiger partial charge >= 0.3 is 0 Å². The molecule has 2 N–H and O–H groups in total. The predicted molar refractivity (Wildman–Crippen MR) is 77.1 cm³/mol. The summed E-state index contributed by atoms with van der Waals surface area (Å²) in [5.74, 6) is 0. The number of likely N-dealkylation sites (N-methyl/N-ethyl adjacent to an activating group) is 1. The highest BCUT2D eigenvalue weighted by molar-refractivity contribution is 4.79. The third-order valence-electron chi connectivity index (χ3n) is 3.53. The average molecular weight is 257 g/mol. The molecule has 0 aromatic rings. The van der Waals surface area contributed by atoms with E-state index in [-0.39, 0.29) is 0 Å². The molecule has 108 valence electrons. The Morgan fingerprint density at radius 2 is 2.11 bits per heavy atom. The van der Waals surface area contributed by atoms with Crippen molar-refractivity contribution in [2.75, 3.05) is 46.4 Å². The molecule has 1 unspecified atom stereocenters. The fraction of sp³-hybridized carbons (Fsp3) is 1.00. The number of rotatable bonds is 9. The van der Waals surface area contributed by atoms with Crippen LogP contribution in [-0.2, 0) is 4.74 Å². The van der Waals surface area contributed by atoms with Crippen molar-refractivity contribution < 1.29 is 4.74 Å². The molecule has 0 aromatic carbocycles. The van der Waals surface area contributed by atoms with Crippen LogP contribution in [0, 0.1) is 0 Å². The average Bonchev–Trinajstić information content (AvgIpc) is 2.37. The Morgan fingerprint density at radius 1 is 1.28 bits per heavy atom. The number of hydrogen-bond acceptors (Lipinski definition) is 4. The zero-order valence-electron chi connectivity index (χ0n) is 12.4. The van der Waals surface area contributed by atoms with Crippen molar-refractivity contribution in [3.63, 3.8) is 0 Å². The first-order chi connectivity index (χ1) is 8.74. The Balaban J connectivity index is 2.17. The van der Waals surface area contributed by atoms with Crippen LogP contribution in [0.3, 0.4) is 0 Å². The van der Waals surface area contributed by atoms with Crippen LogP contribution in [0.15, 0.2) is 0 Å². The molecular formula is C14H31N3O. The molecule has 1 heterocycles. The van der Waals surface area contributed by atoms with Crippen molar-refractivity contribution in [1.29, 1.82) is 0 Å². The summed E-state index contributed by atoms with van der Waals surface area (Å²) in [6, 6.07) is 1.29. The van der Waals surface area contributed by atoms with Crippen LogP contribution in [0.1, 0.15) is 33.1 Å². The van der Waals surface area contributed by atoms with Gasteiger partial charge in [-0.15, -0.1) is 0 Å². The topological polar surface area (TPSA) is 36.5 Å². The van der Waals surface area contributed by atoms with Crippen LogP contribution in [-0.4, -0.2) is 63.4 Å². The summed E-state index contributed by atoms with van der Waals surface area (Å²) in [5, 5.41) is 6.66. The van der Waals surface area contributed by atoms with E-state index in [4.69, 9.17) is 4.74 Å². The lowest BCUT2D eigenvalue weighted by Crippen LogP contribution is -2.47. The van der Waals surface area contributed by atoms with Gasteiger partial charge < -0.3 is 15.4 Å². The van der Waals surface area contributed by atoms with Crippen molar-refractivity contribution in [3.05, 3.63) is 0 Å². The Labute approximate surface area is 112 Å². The van der Waals surface area contributed by atoms with Gasteiger partial charge in [0.15, 0.2) is 0 Å². The smallest absolute Gasteiger partial charge is 0.0594 e. The van der Waals surface area contributed by atoms with Crippen molar-refractivity contribution in [3.8, 4) is 0 Å². The highest BCUT2D eigenvalue weighted by Gasteiger charge is 2.21. The zero-order chi connectivity index (χ0) is 13.2. The quantitative estimate of drug-likeness (QED) is 0.606. The molecule has 1 atom stereocenters. The van der Waals surface area contributed by atoms with Crippen LogP contribution in [0.4, 0.5) is 0 Å². The Bertz CT molecular complexity index is 199. The molecule has 0 bridgehead atoms. The van der Waals surface area contributed by atoms with E-state index in [1.807, 2.05) is 7.05 Å². The van der Waals surface area contributed by atoms with Crippen LogP contribution < -0.4 is 10.6 Å². The summed E-state index contributed by atoms with van der Waals surface area (Å²) in [5.41, 5.74) is 0. The first-order valence-electron chi connectivity index (χ1n) is 7.43. The highest BCUT2D eigenvalue weighted by atomic mass is 16.5. The summed E-state index contributed by atoms with van der Waals surface area (Å²) >= 11 is 0. The van der Waals surface area contributed by atoms with Gasteiger partial charge in [0.25, 0.3) is 0 Å². The Morgan fingerprint density at radius 3 is 2.83 bits per heavy atom. The summed E-state index contributed by atoms with van der Waals surface area (Å²) in [7, 11) is 1.96. The predicted octanol–water partition coefficient (Wildman–Crippen LogP) is 1.07. The normalized spacial score (nSPS) is 21.7. The van der Waals surface area contributed by atoms with Gasteiger partial charge in [-0.25, -0.2) is 0 Å². The fourth-order valence-electron chi connectivity index (χ4n) is 2.42. The molecule has 1 aliphatic rings. The minimum Gasteiger partial charge on any atom is -0.379 e. The van der Waals surface area contributed by atoms with E-state index < -0.39 is 0 Å². The molecule has 18 heavy (non-hydrogen) atoms. The summed E-state index contributed by atoms with van der Waals surface area (Å²) < 4.78 is 5.63. The van der Waals surface area contributed by atoms with E-state index in [2.05, 4.69) is 29.4 Å². The SMILES string of the molecule is CNCCOCCN1CCCCC1CNC(C)C. The number of hydrogen-bond donors (Lipinski definition) is 2. The van der Waals surface area contributed by atoms with Crippen LogP contribution in [0.2, 0.25) is 0 Å². The minimum atomic E-state index is 0.584. The second-order valence-corrected chi connectivity index (χ2v) is 5.46. The molecule has 0 aromatic heterocycles. The van der Waals surface area contributed by atoms with Crippen molar-refractivity contribution in [1.82, 2.24) is 15.5 Å². The van der Waals surface area contributed by atoms with Gasteiger partial charge in [-0.3, -0.25) is 4.90 Å². The molecule has 0 aliphatic carbocycles. The molecule has 1 fully saturated rings. The summed E-state index contributed by atoms with van der Waals surface area (Å²) in [6.07, 6.45) is 4.05. The maximum atomic E-state index is 5.63. The summed E-state index contributed by atoms with van der Waals surface area (Å²) in [6.45, 7) is 10.5. The van der Waals surface area contributed by atoms with E-state index in [0.29, 0.717) is 12.1 Å². The summed E-state index contributed by atoms with van der Waals surface area (Å²) in [4.78, 5) is 2.60. The number of likely N-dealkylation sites (tertiary alicyclic amines) is 1. The van der Waals surface area contributed by atoms with Crippen molar-refractivity contribution in [2.45, 2.75) is 45.2 Å². The number of piperidine rings is 1. The van der Waals surface area contributed by atoms with E-state index in [1.54, 1.807) is 0 Å². The standard InChI is InChI=1S/C14H31N3O/c1-13(2)16-12-14-6-4-5-8-17(14)9-11-18-10-7-15-3/h13-16H,4-12H2,1-3H3. The van der Waals surface area contributed by atoms with Crippen LogP contribution >= 0.6 is 0 Å². The first kappa shape index (κ1) is 15.9. The van der Waals surface area contributed by atoms with Gasteiger partial charge in [-0.1, -0.05) is 20.3 Å². The Kier molecular flexibility index (Phi) is 8.59. The van der Waals surface area contributed by atoms with Crippen LogP contribution in [0.25, 0.3) is 0 Å². The molecule has 4 heteroatoms. The minimum absolute atomic E-state index is 0.584. The molecule has 0 amide bonds.